The number of hydrogen-bond acceptors (Lipinski definition) is 4. The molecule has 0 amide bonds. The number of aromatic nitrogens is 3. The molecule has 0 aliphatic rings. The van der Waals surface area contributed by atoms with Gasteiger partial charge in [-0.25, -0.2) is 14.8 Å². The van der Waals surface area contributed by atoms with Crippen molar-refractivity contribution in [3.05, 3.63) is 41.6 Å². The number of aryl methyl sites for hydroxylation is 2. The molecule has 5 heteroatoms. The van der Waals surface area contributed by atoms with Gasteiger partial charge in [-0.05, 0) is 26.0 Å². The van der Waals surface area contributed by atoms with Gasteiger partial charge in [-0.15, -0.1) is 0 Å². The molecule has 2 rings (SSSR count). The lowest BCUT2D eigenvalue weighted by molar-refractivity contribution is 0.0696. The molecular weight excluding hydrogens is 218 g/mol. The van der Waals surface area contributed by atoms with Gasteiger partial charge in [0.25, 0.3) is 0 Å². The maximum atomic E-state index is 11.2. The number of carboxylic acid groups (broad SMARTS) is 1. The van der Waals surface area contributed by atoms with Gasteiger partial charge in [-0.1, -0.05) is 0 Å². The minimum atomic E-state index is -1.02. The second-order valence-corrected chi connectivity index (χ2v) is 3.62. The zero-order valence-corrected chi connectivity index (χ0v) is 9.51. The Morgan fingerprint density at radius 1 is 1.18 bits per heavy atom. The van der Waals surface area contributed by atoms with Crippen LogP contribution in [0.25, 0.3) is 11.3 Å². The molecule has 0 aliphatic heterocycles. The lowest BCUT2D eigenvalue weighted by atomic mass is 10.1. The molecule has 2 heterocycles. The number of hydrogen-bond donors (Lipinski definition) is 1. The molecule has 2 aromatic rings. The Hall–Kier alpha value is -2.30. The molecule has 0 unspecified atom stereocenters. The van der Waals surface area contributed by atoms with Crippen molar-refractivity contribution >= 4 is 5.97 Å². The first-order valence-corrected chi connectivity index (χ1v) is 5.08. The summed E-state index contributed by atoms with van der Waals surface area (Å²) in [6.45, 7) is 3.41. The van der Waals surface area contributed by atoms with E-state index in [-0.39, 0.29) is 5.56 Å². The highest BCUT2D eigenvalue weighted by Gasteiger charge is 2.17. The number of rotatable bonds is 2. The molecule has 86 valence electrons. The first-order valence-electron chi connectivity index (χ1n) is 5.08. The lowest BCUT2D eigenvalue weighted by Gasteiger charge is -2.08. The third kappa shape index (κ3) is 2.13. The zero-order chi connectivity index (χ0) is 12.4. The smallest absolute Gasteiger partial charge is 0.339 e. The minimum Gasteiger partial charge on any atom is -0.478 e. The standard InChI is InChI=1S/C12H11N3O2/c1-7-10(12(16)17)11(15-8(2)14-7)9-3-5-13-6-4-9/h3-6H,1-2H3,(H,16,17). The van der Waals surface area contributed by atoms with Crippen molar-refractivity contribution in [3.63, 3.8) is 0 Å². The van der Waals surface area contributed by atoms with E-state index >= 15 is 0 Å². The van der Waals surface area contributed by atoms with Crippen LogP contribution in [0, 0.1) is 13.8 Å². The normalized spacial score (nSPS) is 10.2. The van der Waals surface area contributed by atoms with Crippen LogP contribution in [0.4, 0.5) is 0 Å². The third-order valence-electron chi connectivity index (χ3n) is 2.37. The predicted octanol–water partition coefficient (Wildman–Crippen LogP) is 1.85. The topological polar surface area (TPSA) is 76.0 Å². The average molecular weight is 229 g/mol. The molecule has 2 aromatic heterocycles. The van der Waals surface area contributed by atoms with Crippen molar-refractivity contribution in [3.8, 4) is 11.3 Å². The number of aromatic carboxylic acids is 1. The van der Waals surface area contributed by atoms with Gasteiger partial charge in [-0.3, -0.25) is 4.98 Å². The summed E-state index contributed by atoms with van der Waals surface area (Å²) in [5.74, 6) is -0.464. The van der Waals surface area contributed by atoms with E-state index in [0.717, 1.165) is 5.56 Å². The first-order chi connectivity index (χ1) is 8.09. The van der Waals surface area contributed by atoms with Crippen LogP contribution in [0.5, 0.6) is 0 Å². The van der Waals surface area contributed by atoms with E-state index in [1.165, 1.54) is 0 Å². The molecule has 0 saturated heterocycles. The maximum Gasteiger partial charge on any atom is 0.339 e. The highest BCUT2D eigenvalue weighted by molar-refractivity contribution is 5.95. The third-order valence-corrected chi connectivity index (χ3v) is 2.37. The van der Waals surface area contributed by atoms with Crippen molar-refractivity contribution in [2.75, 3.05) is 0 Å². The Morgan fingerprint density at radius 2 is 1.82 bits per heavy atom. The summed E-state index contributed by atoms with van der Waals surface area (Å²) in [7, 11) is 0. The van der Waals surface area contributed by atoms with E-state index in [1.54, 1.807) is 38.4 Å². The van der Waals surface area contributed by atoms with Gasteiger partial charge in [0.05, 0.1) is 11.4 Å². The highest BCUT2D eigenvalue weighted by atomic mass is 16.4. The predicted molar refractivity (Wildman–Crippen MR) is 61.7 cm³/mol. The fourth-order valence-corrected chi connectivity index (χ4v) is 1.69. The van der Waals surface area contributed by atoms with E-state index in [4.69, 9.17) is 0 Å². The van der Waals surface area contributed by atoms with Crippen LogP contribution < -0.4 is 0 Å². The summed E-state index contributed by atoms with van der Waals surface area (Å²) in [5.41, 5.74) is 1.77. The van der Waals surface area contributed by atoms with E-state index in [9.17, 15) is 9.90 Å². The van der Waals surface area contributed by atoms with Crippen molar-refractivity contribution in [2.24, 2.45) is 0 Å². The van der Waals surface area contributed by atoms with Crippen LogP contribution in [-0.2, 0) is 0 Å². The number of pyridine rings is 1. The fraction of sp³-hybridized carbons (Fsp3) is 0.167. The van der Waals surface area contributed by atoms with E-state index in [0.29, 0.717) is 17.2 Å². The molecule has 0 radical (unpaired) electrons. The van der Waals surface area contributed by atoms with Gasteiger partial charge in [0.1, 0.15) is 11.4 Å². The summed E-state index contributed by atoms with van der Waals surface area (Å²) in [6.07, 6.45) is 3.21. The second kappa shape index (κ2) is 4.29. The Balaban J connectivity index is 2.72. The molecule has 0 aliphatic carbocycles. The molecule has 0 aromatic carbocycles. The summed E-state index contributed by atoms with van der Waals surface area (Å²) in [5, 5.41) is 9.20. The zero-order valence-electron chi connectivity index (χ0n) is 9.51. The summed E-state index contributed by atoms with van der Waals surface area (Å²) in [4.78, 5) is 23.4. The van der Waals surface area contributed by atoms with E-state index in [2.05, 4.69) is 15.0 Å². The first kappa shape index (κ1) is 11.2. The molecule has 0 saturated carbocycles. The molecule has 0 fully saturated rings. The Labute approximate surface area is 98.2 Å². The maximum absolute atomic E-state index is 11.2. The van der Waals surface area contributed by atoms with Crippen LogP contribution in [0.2, 0.25) is 0 Å². The van der Waals surface area contributed by atoms with Gasteiger partial charge in [0.15, 0.2) is 0 Å². The van der Waals surface area contributed by atoms with E-state index in [1.807, 2.05) is 0 Å². The summed E-state index contributed by atoms with van der Waals surface area (Å²) < 4.78 is 0. The van der Waals surface area contributed by atoms with Gasteiger partial charge >= 0.3 is 5.97 Å². The molecule has 5 nitrogen and oxygen atoms in total. The monoisotopic (exact) mass is 229 g/mol. The lowest BCUT2D eigenvalue weighted by Crippen LogP contribution is -2.08. The molecule has 17 heavy (non-hydrogen) atoms. The Bertz CT molecular complexity index is 567. The van der Waals surface area contributed by atoms with Gasteiger partial charge in [-0.2, -0.15) is 0 Å². The fourth-order valence-electron chi connectivity index (χ4n) is 1.69. The largest absolute Gasteiger partial charge is 0.478 e. The van der Waals surface area contributed by atoms with Crippen molar-refractivity contribution in [2.45, 2.75) is 13.8 Å². The van der Waals surface area contributed by atoms with Crippen molar-refractivity contribution < 1.29 is 9.90 Å². The van der Waals surface area contributed by atoms with Crippen LogP contribution >= 0.6 is 0 Å². The average Bonchev–Trinajstić information content (AvgIpc) is 2.28. The SMILES string of the molecule is Cc1nc(C)c(C(=O)O)c(-c2ccncc2)n1. The summed E-state index contributed by atoms with van der Waals surface area (Å²) >= 11 is 0. The number of carbonyl (C=O) groups is 1. The molecule has 0 atom stereocenters. The Kier molecular flexibility index (Phi) is 2.82. The van der Waals surface area contributed by atoms with Crippen LogP contribution in [0.15, 0.2) is 24.5 Å². The van der Waals surface area contributed by atoms with Gasteiger partial charge < -0.3 is 5.11 Å². The second-order valence-electron chi connectivity index (χ2n) is 3.62. The number of nitrogens with zero attached hydrogens (tertiary/aromatic N) is 3. The molecule has 0 spiro atoms. The van der Waals surface area contributed by atoms with Gasteiger partial charge in [0.2, 0.25) is 0 Å². The summed E-state index contributed by atoms with van der Waals surface area (Å²) in [6, 6.07) is 3.46. The number of carboxylic acids is 1. The van der Waals surface area contributed by atoms with Crippen LogP contribution in [0.3, 0.4) is 0 Å². The molecule has 0 bridgehead atoms. The highest BCUT2D eigenvalue weighted by Crippen LogP contribution is 2.22. The van der Waals surface area contributed by atoms with Crippen LogP contribution in [0.1, 0.15) is 21.9 Å². The molecular formula is C12H11N3O2. The molecule has 1 N–H and O–H groups in total. The van der Waals surface area contributed by atoms with Crippen LogP contribution in [-0.4, -0.2) is 26.0 Å². The van der Waals surface area contributed by atoms with Gasteiger partial charge in [0, 0.05) is 18.0 Å². The minimum absolute atomic E-state index is 0.141. The van der Waals surface area contributed by atoms with Crippen molar-refractivity contribution in [1.82, 2.24) is 15.0 Å². The van der Waals surface area contributed by atoms with E-state index < -0.39 is 5.97 Å². The quantitative estimate of drug-likeness (QED) is 0.850. The Morgan fingerprint density at radius 3 is 2.41 bits per heavy atom. The van der Waals surface area contributed by atoms with Crippen molar-refractivity contribution in [1.29, 1.82) is 0 Å².